The summed E-state index contributed by atoms with van der Waals surface area (Å²) in [6, 6.07) is 8.95. The number of aryl methyl sites for hydroxylation is 3. The normalized spacial score (nSPS) is 11.4. The third-order valence-electron chi connectivity index (χ3n) is 3.15. The van der Waals surface area contributed by atoms with Crippen LogP contribution in [0.4, 0.5) is 5.69 Å². The molecular weight excluding hydrogens is 320 g/mol. The molecule has 1 aromatic heterocycles. The lowest BCUT2D eigenvalue weighted by Gasteiger charge is -2.11. The van der Waals surface area contributed by atoms with Crippen molar-refractivity contribution in [2.45, 2.75) is 25.0 Å². The number of rotatable bonds is 5. The molecule has 1 amide bonds. The first kappa shape index (κ1) is 16.7. The molecule has 0 spiro atoms. The Morgan fingerprint density at radius 1 is 1.09 bits per heavy atom. The quantitative estimate of drug-likeness (QED) is 0.880. The Bertz CT molecular complexity index is 775. The highest BCUT2D eigenvalue weighted by molar-refractivity contribution is 7.91. The van der Waals surface area contributed by atoms with E-state index in [1.54, 1.807) is 6.07 Å². The molecule has 22 heavy (non-hydrogen) atoms. The number of benzene rings is 1. The van der Waals surface area contributed by atoms with Crippen molar-refractivity contribution < 1.29 is 13.2 Å². The first-order chi connectivity index (χ1) is 10.3. The molecule has 0 unspecified atom stereocenters. The van der Waals surface area contributed by atoms with Crippen LogP contribution in [0.2, 0.25) is 0 Å². The number of anilines is 1. The molecule has 0 aliphatic carbocycles. The molecule has 0 atom stereocenters. The van der Waals surface area contributed by atoms with Gasteiger partial charge in [-0.3, -0.25) is 4.79 Å². The average Bonchev–Trinajstić information content (AvgIpc) is 2.88. The van der Waals surface area contributed by atoms with Gasteiger partial charge in [0.15, 0.2) is 0 Å². The van der Waals surface area contributed by atoms with Gasteiger partial charge in [-0.2, -0.15) is 0 Å². The van der Waals surface area contributed by atoms with E-state index < -0.39 is 15.9 Å². The van der Waals surface area contributed by atoms with E-state index in [2.05, 4.69) is 10.0 Å². The predicted molar refractivity (Wildman–Crippen MR) is 88.8 cm³/mol. The first-order valence-electron chi connectivity index (χ1n) is 6.72. The van der Waals surface area contributed by atoms with Crippen molar-refractivity contribution in [3.05, 3.63) is 46.3 Å². The molecular formula is C15H18N2O3S2. The molecule has 2 aromatic rings. The molecule has 0 saturated carbocycles. The predicted octanol–water partition coefficient (Wildman–Crippen LogP) is 2.59. The monoisotopic (exact) mass is 338 g/mol. The van der Waals surface area contributed by atoms with Crippen LogP contribution >= 0.6 is 11.3 Å². The maximum absolute atomic E-state index is 12.1. The second kappa shape index (κ2) is 6.60. The van der Waals surface area contributed by atoms with Gasteiger partial charge in [-0.15, -0.1) is 11.3 Å². The van der Waals surface area contributed by atoms with E-state index in [0.29, 0.717) is 0 Å². The fraction of sp³-hybridized carbons (Fsp3) is 0.267. The number of carbonyl (C=O) groups excluding carboxylic acids is 1. The van der Waals surface area contributed by atoms with Gasteiger partial charge in [-0.25, -0.2) is 13.1 Å². The fourth-order valence-electron chi connectivity index (χ4n) is 1.98. The molecule has 2 N–H and O–H groups in total. The summed E-state index contributed by atoms with van der Waals surface area (Å²) in [5.41, 5.74) is 2.59. The fourth-order valence-corrected chi connectivity index (χ4v) is 4.29. The van der Waals surface area contributed by atoms with Crippen LogP contribution in [0.25, 0.3) is 0 Å². The number of hydrogen-bond donors (Lipinski definition) is 2. The van der Waals surface area contributed by atoms with E-state index in [0.717, 1.165) is 21.7 Å². The van der Waals surface area contributed by atoms with E-state index in [1.165, 1.54) is 17.4 Å². The lowest BCUT2D eigenvalue weighted by Crippen LogP contribution is -2.32. The van der Waals surface area contributed by atoms with E-state index in [1.807, 2.05) is 39.0 Å². The Kier molecular flexibility index (Phi) is 5.00. The number of para-hydroxylation sites is 1. The molecule has 0 radical (unpaired) electrons. The zero-order valence-corrected chi connectivity index (χ0v) is 14.3. The molecule has 0 saturated heterocycles. The smallest absolute Gasteiger partial charge is 0.250 e. The van der Waals surface area contributed by atoms with Crippen LogP contribution in [0, 0.1) is 20.8 Å². The third-order valence-corrected chi connectivity index (χ3v) is 6.04. The summed E-state index contributed by atoms with van der Waals surface area (Å²) < 4.78 is 26.6. The largest absolute Gasteiger partial charge is 0.324 e. The summed E-state index contributed by atoms with van der Waals surface area (Å²) in [5.74, 6) is -0.394. The van der Waals surface area contributed by atoms with Gasteiger partial charge >= 0.3 is 0 Å². The highest BCUT2D eigenvalue weighted by Crippen LogP contribution is 2.21. The number of sulfonamides is 1. The third kappa shape index (κ3) is 3.94. The zero-order valence-electron chi connectivity index (χ0n) is 12.6. The zero-order chi connectivity index (χ0) is 16.3. The second-order valence-electron chi connectivity index (χ2n) is 5.00. The van der Waals surface area contributed by atoms with Crippen molar-refractivity contribution >= 4 is 33.0 Å². The van der Waals surface area contributed by atoms with Crippen molar-refractivity contribution in [2.24, 2.45) is 0 Å². The summed E-state index contributed by atoms with van der Waals surface area (Å²) >= 11 is 1.17. The van der Waals surface area contributed by atoms with E-state index in [9.17, 15) is 13.2 Å². The van der Waals surface area contributed by atoms with Crippen LogP contribution in [0.3, 0.4) is 0 Å². The lowest BCUT2D eigenvalue weighted by molar-refractivity contribution is -0.115. The van der Waals surface area contributed by atoms with Crippen LogP contribution in [-0.2, 0) is 14.8 Å². The molecule has 0 aliphatic heterocycles. The molecule has 118 valence electrons. The Morgan fingerprint density at radius 3 is 2.27 bits per heavy atom. The number of carbonyl (C=O) groups is 1. The number of hydrogen-bond acceptors (Lipinski definition) is 4. The van der Waals surface area contributed by atoms with Gasteiger partial charge in [0.25, 0.3) is 10.0 Å². The Labute approximate surface area is 134 Å². The molecule has 7 heteroatoms. The number of nitrogens with one attached hydrogen (secondary N) is 2. The maximum Gasteiger partial charge on any atom is 0.250 e. The standard InChI is InChI=1S/C15H18N2O3S2/c1-10-5-4-6-11(2)15(10)17-13(18)9-16-22(19,20)14-8-7-12(3)21-14/h4-8,16H,9H2,1-3H3,(H,17,18). The Hall–Kier alpha value is -1.70. The van der Waals surface area contributed by atoms with Crippen LogP contribution in [0.1, 0.15) is 16.0 Å². The van der Waals surface area contributed by atoms with E-state index >= 15 is 0 Å². The van der Waals surface area contributed by atoms with E-state index in [4.69, 9.17) is 0 Å². The summed E-state index contributed by atoms with van der Waals surface area (Å²) in [7, 11) is -3.64. The maximum atomic E-state index is 12.1. The van der Waals surface area contributed by atoms with Gasteiger partial charge in [0.2, 0.25) is 5.91 Å². The lowest BCUT2D eigenvalue weighted by atomic mass is 10.1. The molecule has 1 aromatic carbocycles. The van der Waals surface area contributed by atoms with Crippen molar-refractivity contribution in [3.8, 4) is 0 Å². The Balaban J connectivity index is 2.01. The molecule has 1 heterocycles. The molecule has 0 fully saturated rings. The summed E-state index contributed by atoms with van der Waals surface area (Å²) in [6.45, 7) is 5.31. The van der Waals surface area contributed by atoms with Gasteiger partial charge in [0.05, 0.1) is 6.54 Å². The van der Waals surface area contributed by atoms with E-state index in [-0.39, 0.29) is 10.8 Å². The van der Waals surface area contributed by atoms with Crippen LogP contribution in [-0.4, -0.2) is 20.9 Å². The Morgan fingerprint density at radius 2 is 1.73 bits per heavy atom. The molecule has 2 rings (SSSR count). The minimum Gasteiger partial charge on any atom is -0.324 e. The first-order valence-corrected chi connectivity index (χ1v) is 9.02. The average molecular weight is 338 g/mol. The van der Waals surface area contributed by atoms with Crippen molar-refractivity contribution in [1.29, 1.82) is 0 Å². The highest BCUT2D eigenvalue weighted by Gasteiger charge is 2.17. The molecule has 5 nitrogen and oxygen atoms in total. The van der Waals surface area contributed by atoms with Crippen molar-refractivity contribution in [1.82, 2.24) is 4.72 Å². The van der Waals surface area contributed by atoms with Gasteiger partial charge in [0.1, 0.15) is 4.21 Å². The van der Waals surface area contributed by atoms with Crippen LogP contribution in [0.5, 0.6) is 0 Å². The topological polar surface area (TPSA) is 75.3 Å². The summed E-state index contributed by atoms with van der Waals surface area (Å²) in [4.78, 5) is 12.9. The van der Waals surface area contributed by atoms with Gasteiger partial charge in [-0.1, -0.05) is 18.2 Å². The minimum atomic E-state index is -3.64. The van der Waals surface area contributed by atoms with Crippen LogP contribution in [0.15, 0.2) is 34.5 Å². The van der Waals surface area contributed by atoms with Crippen molar-refractivity contribution in [3.63, 3.8) is 0 Å². The summed E-state index contributed by atoms with van der Waals surface area (Å²) in [6.07, 6.45) is 0. The van der Waals surface area contributed by atoms with Gasteiger partial charge in [0, 0.05) is 10.6 Å². The van der Waals surface area contributed by atoms with Crippen LogP contribution < -0.4 is 10.0 Å². The SMILES string of the molecule is Cc1ccc(S(=O)(=O)NCC(=O)Nc2c(C)cccc2C)s1. The minimum absolute atomic E-state index is 0.213. The van der Waals surface area contributed by atoms with Gasteiger partial charge < -0.3 is 5.32 Å². The molecule has 0 bridgehead atoms. The number of thiophene rings is 1. The number of amides is 1. The second-order valence-corrected chi connectivity index (χ2v) is 8.29. The highest BCUT2D eigenvalue weighted by atomic mass is 32.2. The summed E-state index contributed by atoms with van der Waals surface area (Å²) in [5, 5.41) is 2.75. The molecule has 0 aliphatic rings. The van der Waals surface area contributed by atoms with Crippen molar-refractivity contribution in [2.75, 3.05) is 11.9 Å². The van der Waals surface area contributed by atoms with Gasteiger partial charge in [-0.05, 0) is 44.0 Å².